The second-order valence-corrected chi connectivity index (χ2v) is 5.67. The molecule has 0 saturated heterocycles. The maximum absolute atomic E-state index is 10.1. The summed E-state index contributed by atoms with van der Waals surface area (Å²) in [7, 11) is 0. The van der Waals surface area contributed by atoms with Gasteiger partial charge in [0.2, 0.25) is 0 Å². The Morgan fingerprint density at radius 1 is 1.21 bits per heavy atom. The van der Waals surface area contributed by atoms with Crippen LogP contribution in [0.25, 0.3) is 0 Å². The SMILES string of the molecule is CCCCc1ccc(OCC(O)C2CCCC2)cc1. The molecular formula is C17H26O2. The fraction of sp³-hybridized carbons (Fsp3) is 0.647. The van der Waals surface area contributed by atoms with E-state index < -0.39 is 0 Å². The molecule has 2 heteroatoms. The quantitative estimate of drug-likeness (QED) is 0.806. The van der Waals surface area contributed by atoms with Gasteiger partial charge < -0.3 is 9.84 Å². The van der Waals surface area contributed by atoms with Crippen LogP contribution in [0.4, 0.5) is 0 Å². The maximum atomic E-state index is 10.1. The van der Waals surface area contributed by atoms with Crippen molar-refractivity contribution in [1.82, 2.24) is 0 Å². The first-order valence-electron chi connectivity index (χ1n) is 7.69. The monoisotopic (exact) mass is 262 g/mol. The maximum Gasteiger partial charge on any atom is 0.119 e. The van der Waals surface area contributed by atoms with Gasteiger partial charge in [0, 0.05) is 0 Å². The first-order valence-corrected chi connectivity index (χ1v) is 7.69. The highest BCUT2D eigenvalue weighted by atomic mass is 16.5. The number of hydrogen-bond donors (Lipinski definition) is 1. The molecule has 1 saturated carbocycles. The first-order chi connectivity index (χ1) is 9.29. The van der Waals surface area contributed by atoms with Crippen molar-refractivity contribution in [2.75, 3.05) is 6.61 Å². The van der Waals surface area contributed by atoms with Crippen LogP contribution in [0.5, 0.6) is 5.75 Å². The fourth-order valence-electron chi connectivity index (χ4n) is 2.79. The zero-order valence-corrected chi connectivity index (χ0v) is 12.0. The van der Waals surface area contributed by atoms with Gasteiger partial charge in [-0.25, -0.2) is 0 Å². The Labute approximate surface area is 116 Å². The third kappa shape index (κ3) is 4.54. The smallest absolute Gasteiger partial charge is 0.119 e. The number of ether oxygens (including phenoxy) is 1. The molecular weight excluding hydrogens is 236 g/mol. The zero-order chi connectivity index (χ0) is 13.5. The van der Waals surface area contributed by atoms with Crippen LogP contribution < -0.4 is 4.74 Å². The van der Waals surface area contributed by atoms with Gasteiger partial charge >= 0.3 is 0 Å². The van der Waals surface area contributed by atoms with E-state index in [9.17, 15) is 5.11 Å². The minimum atomic E-state index is -0.303. The molecule has 0 aromatic heterocycles. The molecule has 1 aliphatic rings. The Balaban J connectivity index is 1.75. The van der Waals surface area contributed by atoms with Crippen molar-refractivity contribution in [1.29, 1.82) is 0 Å². The van der Waals surface area contributed by atoms with Gasteiger partial charge in [0.25, 0.3) is 0 Å². The van der Waals surface area contributed by atoms with E-state index in [-0.39, 0.29) is 6.10 Å². The number of benzene rings is 1. The number of aliphatic hydroxyl groups is 1. The predicted octanol–water partition coefficient (Wildman–Crippen LogP) is 3.96. The standard InChI is InChI=1S/C17H26O2/c1-2-3-6-14-9-11-16(12-10-14)19-13-17(18)15-7-4-5-8-15/h9-12,15,17-18H,2-8,13H2,1H3. The average molecular weight is 262 g/mol. The molecule has 1 N–H and O–H groups in total. The largest absolute Gasteiger partial charge is 0.491 e. The van der Waals surface area contributed by atoms with Crippen molar-refractivity contribution in [2.24, 2.45) is 5.92 Å². The Kier molecular flexibility index (Phi) is 5.71. The average Bonchev–Trinajstić information content (AvgIpc) is 2.98. The van der Waals surface area contributed by atoms with E-state index in [1.807, 2.05) is 12.1 Å². The second-order valence-electron chi connectivity index (χ2n) is 5.67. The molecule has 0 aliphatic heterocycles. The summed E-state index contributed by atoms with van der Waals surface area (Å²) in [4.78, 5) is 0. The van der Waals surface area contributed by atoms with Crippen molar-refractivity contribution in [3.63, 3.8) is 0 Å². The summed E-state index contributed by atoms with van der Waals surface area (Å²) >= 11 is 0. The third-order valence-electron chi connectivity index (χ3n) is 4.11. The number of aliphatic hydroxyl groups excluding tert-OH is 1. The van der Waals surface area contributed by atoms with Gasteiger partial charge in [-0.1, -0.05) is 38.3 Å². The number of unbranched alkanes of at least 4 members (excludes halogenated alkanes) is 1. The normalized spacial score (nSPS) is 17.6. The number of hydrogen-bond acceptors (Lipinski definition) is 2. The Bertz CT molecular complexity index is 352. The Morgan fingerprint density at radius 2 is 1.89 bits per heavy atom. The van der Waals surface area contributed by atoms with Crippen molar-refractivity contribution < 1.29 is 9.84 Å². The molecule has 1 unspecified atom stereocenters. The topological polar surface area (TPSA) is 29.5 Å². The molecule has 0 heterocycles. The molecule has 1 aromatic rings. The Morgan fingerprint density at radius 3 is 2.53 bits per heavy atom. The van der Waals surface area contributed by atoms with Crippen LogP contribution in [-0.4, -0.2) is 17.8 Å². The van der Waals surface area contributed by atoms with Crippen LogP contribution >= 0.6 is 0 Å². The van der Waals surface area contributed by atoms with Crippen LogP contribution in [0.15, 0.2) is 24.3 Å². The summed E-state index contributed by atoms with van der Waals surface area (Å²) in [6.07, 6.45) is 8.12. The van der Waals surface area contributed by atoms with E-state index in [0.717, 1.165) is 25.0 Å². The molecule has 2 rings (SSSR count). The minimum absolute atomic E-state index is 0.303. The van der Waals surface area contributed by atoms with Crippen LogP contribution in [0, 0.1) is 5.92 Å². The van der Waals surface area contributed by atoms with Gasteiger partial charge in [-0.05, 0) is 49.3 Å². The summed E-state index contributed by atoms with van der Waals surface area (Å²) in [5, 5.41) is 10.1. The highest BCUT2D eigenvalue weighted by molar-refractivity contribution is 5.27. The molecule has 1 aliphatic carbocycles. The van der Waals surface area contributed by atoms with E-state index in [1.165, 1.54) is 31.2 Å². The van der Waals surface area contributed by atoms with Crippen molar-refractivity contribution >= 4 is 0 Å². The van der Waals surface area contributed by atoms with E-state index in [0.29, 0.717) is 12.5 Å². The van der Waals surface area contributed by atoms with Gasteiger partial charge in [-0.2, -0.15) is 0 Å². The molecule has 106 valence electrons. The van der Waals surface area contributed by atoms with Gasteiger partial charge in [0.1, 0.15) is 12.4 Å². The molecule has 19 heavy (non-hydrogen) atoms. The van der Waals surface area contributed by atoms with Gasteiger partial charge in [-0.15, -0.1) is 0 Å². The molecule has 0 spiro atoms. The van der Waals surface area contributed by atoms with Crippen molar-refractivity contribution in [3.8, 4) is 5.75 Å². The third-order valence-corrected chi connectivity index (χ3v) is 4.11. The summed E-state index contributed by atoms with van der Waals surface area (Å²) < 4.78 is 5.69. The van der Waals surface area contributed by atoms with E-state index in [2.05, 4.69) is 19.1 Å². The van der Waals surface area contributed by atoms with Crippen LogP contribution in [0.3, 0.4) is 0 Å². The van der Waals surface area contributed by atoms with Gasteiger partial charge in [-0.3, -0.25) is 0 Å². The predicted molar refractivity (Wildman–Crippen MR) is 78.5 cm³/mol. The minimum Gasteiger partial charge on any atom is -0.491 e. The lowest BCUT2D eigenvalue weighted by Crippen LogP contribution is -2.25. The second kappa shape index (κ2) is 7.54. The first kappa shape index (κ1) is 14.4. The lowest BCUT2D eigenvalue weighted by Gasteiger charge is -2.18. The lowest BCUT2D eigenvalue weighted by molar-refractivity contribution is 0.0593. The summed E-state index contributed by atoms with van der Waals surface area (Å²) in [5.41, 5.74) is 1.37. The molecule has 0 radical (unpaired) electrons. The molecule has 1 aromatic carbocycles. The van der Waals surface area contributed by atoms with E-state index >= 15 is 0 Å². The van der Waals surface area contributed by atoms with Crippen LogP contribution in [0.1, 0.15) is 51.0 Å². The summed E-state index contributed by atoms with van der Waals surface area (Å²) in [6.45, 7) is 2.64. The highest BCUT2D eigenvalue weighted by Gasteiger charge is 2.23. The highest BCUT2D eigenvalue weighted by Crippen LogP contribution is 2.28. The molecule has 0 bridgehead atoms. The van der Waals surface area contributed by atoms with Crippen molar-refractivity contribution in [2.45, 2.75) is 58.0 Å². The molecule has 2 nitrogen and oxygen atoms in total. The number of aryl methyl sites for hydroxylation is 1. The summed E-state index contributed by atoms with van der Waals surface area (Å²) in [6, 6.07) is 8.30. The summed E-state index contributed by atoms with van der Waals surface area (Å²) in [5.74, 6) is 1.32. The van der Waals surface area contributed by atoms with E-state index in [1.54, 1.807) is 0 Å². The molecule has 0 amide bonds. The van der Waals surface area contributed by atoms with Crippen LogP contribution in [0.2, 0.25) is 0 Å². The van der Waals surface area contributed by atoms with Crippen molar-refractivity contribution in [3.05, 3.63) is 29.8 Å². The van der Waals surface area contributed by atoms with Crippen LogP contribution in [-0.2, 0) is 6.42 Å². The Hall–Kier alpha value is -1.02. The molecule has 1 atom stereocenters. The lowest BCUT2D eigenvalue weighted by atomic mass is 10.0. The number of rotatable bonds is 7. The van der Waals surface area contributed by atoms with Gasteiger partial charge in [0.15, 0.2) is 0 Å². The molecule has 1 fully saturated rings. The zero-order valence-electron chi connectivity index (χ0n) is 12.0. The fourth-order valence-corrected chi connectivity index (χ4v) is 2.79. The van der Waals surface area contributed by atoms with E-state index in [4.69, 9.17) is 4.74 Å². The van der Waals surface area contributed by atoms with Gasteiger partial charge in [0.05, 0.1) is 6.10 Å².